The molecule has 1 aromatic rings. The fourth-order valence-corrected chi connectivity index (χ4v) is 7.00. The molecule has 0 atom stereocenters. The summed E-state index contributed by atoms with van der Waals surface area (Å²) in [6.45, 7) is 0.788. The molecule has 6 aliphatic rings. The highest BCUT2D eigenvalue weighted by molar-refractivity contribution is 5.94. The van der Waals surface area contributed by atoms with Gasteiger partial charge in [0.05, 0.1) is 5.56 Å². The number of benzene rings is 1. The lowest BCUT2D eigenvalue weighted by atomic mass is 8.96. The summed E-state index contributed by atoms with van der Waals surface area (Å²) in [6.07, 6.45) is 0. The van der Waals surface area contributed by atoms with Gasteiger partial charge in [0.15, 0.2) is 0 Å². The number of amides is 1. The molecule has 0 bridgehead atoms. The van der Waals surface area contributed by atoms with E-state index in [-0.39, 0.29) is 11.5 Å². The Morgan fingerprint density at radius 1 is 1.11 bits per heavy atom. The first-order chi connectivity index (χ1) is 9.27. The molecule has 2 nitrogen and oxygen atoms in total. The molecule has 1 aromatic carbocycles. The fraction of sp³-hybridized carbons (Fsp3) is 0.562. The zero-order valence-corrected chi connectivity index (χ0v) is 10.3. The first kappa shape index (κ1) is 9.51. The summed E-state index contributed by atoms with van der Waals surface area (Å²) in [6, 6.07) is 6.23. The van der Waals surface area contributed by atoms with Gasteiger partial charge in [0.1, 0.15) is 5.82 Å². The van der Waals surface area contributed by atoms with E-state index in [9.17, 15) is 9.18 Å². The Kier molecular flexibility index (Phi) is 1.23. The van der Waals surface area contributed by atoms with E-state index in [0.717, 1.165) is 48.0 Å². The SMILES string of the molecule is O=C(NCC12C3C4C5C3C1C5C42)c1ccccc1[18F]. The summed E-state index contributed by atoms with van der Waals surface area (Å²) in [4.78, 5) is 12.1. The van der Waals surface area contributed by atoms with Crippen molar-refractivity contribution in [2.24, 2.45) is 46.8 Å². The lowest BCUT2D eigenvalue weighted by Gasteiger charge is -3.08. The molecule has 19 heavy (non-hydrogen) atoms. The topological polar surface area (TPSA) is 29.1 Å². The minimum Gasteiger partial charge on any atom is -0.351 e. The van der Waals surface area contributed by atoms with Crippen LogP contribution in [0, 0.1) is 52.7 Å². The number of hydrogen-bond acceptors (Lipinski definition) is 1. The van der Waals surface area contributed by atoms with Crippen molar-refractivity contribution in [3.63, 3.8) is 0 Å². The van der Waals surface area contributed by atoms with Crippen molar-refractivity contribution in [2.75, 3.05) is 6.54 Å². The van der Waals surface area contributed by atoms with E-state index >= 15 is 0 Å². The van der Waals surface area contributed by atoms with Crippen LogP contribution in [0.2, 0.25) is 0 Å². The van der Waals surface area contributed by atoms with Gasteiger partial charge in [0.2, 0.25) is 0 Å². The van der Waals surface area contributed by atoms with Crippen molar-refractivity contribution in [3.05, 3.63) is 35.6 Å². The van der Waals surface area contributed by atoms with Gasteiger partial charge in [-0.15, -0.1) is 0 Å². The van der Waals surface area contributed by atoms with E-state index in [1.165, 1.54) is 6.07 Å². The van der Waals surface area contributed by atoms with Crippen LogP contribution in [-0.4, -0.2) is 12.5 Å². The minimum absolute atomic E-state index is 0.180. The summed E-state index contributed by atoms with van der Waals surface area (Å²) in [7, 11) is 0. The van der Waals surface area contributed by atoms with Crippen LogP contribution in [0.15, 0.2) is 24.3 Å². The van der Waals surface area contributed by atoms with Crippen molar-refractivity contribution in [1.29, 1.82) is 0 Å². The minimum atomic E-state index is -0.422. The third-order valence-electron chi connectivity index (χ3n) is 7.36. The second-order valence-corrected chi connectivity index (χ2v) is 7.16. The molecule has 0 saturated heterocycles. The number of nitrogens with one attached hydrogen (secondary N) is 1. The average molecular weight is 254 g/mol. The van der Waals surface area contributed by atoms with Crippen LogP contribution in [-0.2, 0) is 0 Å². The van der Waals surface area contributed by atoms with Crippen molar-refractivity contribution < 1.29 is 9.18 Å². The highest BCUT2D eigenvalue weighted by atomic mass is 18.2. The van der Waals surface area contributed by atoms with Crippen molar-refractivity contribution in [1.82, 2.24) is 5.32 Å². The van der Waals surface area contributed by atoms with E-state index in [1.54, 1.807) is 18.2 Å². The lowest BCUT2D eigenvalue weighted by molar-refractivity contribution is -0.612. The van der Waals surface area contributed by atoms with Gasteiger partial charge in [-0.3, -0.25) is 4.79 Å². The average Bonchev–Trinajstić information content (AvgIpc) is 2.45. The molecule has 6 fully saturated rings. The van der Waals surface area contributed by atoms with Crippen LogP contribution >= 0.6 is 0 Å². The van der Waals surface area contributed by atoms with Gasteiger partial charge in [-0.05, 0) is 59.0 Å². The Bertz CT molecular complexity index is 603. The summed E-state index contributed by atoms with van der Waals surface area (Å²) >= 11 is 0. The highest BCUT2D eigenvalue weighted by Crippen LogP contribution is 3.05. The van der Waals surface area contributed by atoms with Gasteiger partial charge in [0, 0.05) is 6.54 Å². The van der Waals surface area contributed by atoms with Gasteiger partial charge in [-0.25, -0.2) is 4.39 Å². The molecule has 0 heterocycles. The van der Waals surface area contributed by atoms with E-state index in [2.05, 4.69) is 5.32 Å². The van der Waals surface area contributed by atoms with E-state index in [1.807, 2.05) is 0 Å². The molecule has 6 saturated carbocycles. The molecular formula is C16H14FNO. The van der Waals surface area contributed by atoms with Crippen molar-refractivity contribution >= 4 is 5.91 Å². The molecule has 0 spiro atoms. The molecule has 6 aliphatic carbocycles. The number of halogens is 1. The first-order valence-electron chi connectivity index (χ1n) is 7.29. The standard InChI is InChI=1S/C16H14FNO/c17-7-4-2-1-3-6(7)15(19)18-5-16-12-9-8-10(12)14(16)11(8)13(9)16/h1-4,8-14H,5H2,(H,18,19)/i17-1. The molecule has 1 amide bonds. The number of hydrogen-bond donors (Lipinski definition) is 1. The van der Waals surface area contributed by atoms with Crippen LogP contribution < -0.4 is 5.32 Å². The molecule has 0 unspecified atom stereocenters. The van der Waals surface area contributed by atoms with Crippen molar-refractivity contribution in [2.45, 2.75) is 0 Å². The Labute approximate surface area is 110 Å². The Hall–Kier alpha value is -1.38. The lowest BCUT2D eigenvalue weighted by Crippen LogP contribution is -3.06. The molecule has 0 radical (unpaired) electrons. The quantitative estimate of drug-likeness (QED) is 0.877. The third-order valence-corrected chi connectivity index (χ3v) is 7.36. The van der Waals surface area contributed by atoms with Crippen LogP contribution in [0.4, 0.5) is 4.39 Å². The van der Waals surface area contributed by atoms with Gasteiger partial charge < -0.3 is 5.32 Å². The molecule has 7 rings (SSSR count). The van der Waals surface area contributed by atoms with Crippen LogP contribution in [0.5, 0.6) is 0 Å². The second-order valence-electron chi connectivity index (χ2n) is 7.16. The molecule has 96 valence electrons. The predicted molar refractivity (Wildman–Crippen MR) is 65.6 cm³/mol. The van der Waals surface area contributed by atoms with Gasteiger partial charge >= 0.3 is 0 Å². The Morgan fingerprint density at radius 3 is 2.37 bits per heavy atom. The number of rotatable bonds is 3. The Morgan fingerprint density at radius 2 is 1.74 bits per heavy atom. The summed E-state index contributed by atoms with van der Waals surface area (Å²) in [5.41, 5.74) is 0.648. The largest absolute Gasteiger partial charge is 0.351 e. The van der Waals surface area contributed by atoms with E-state index < -0.39 is 5.82 Å². The summed E-state index contributed by atoms with van der Waals surface area (Å²) < 4.78 is 13.5. The maximum absolute atomic E-state index is 13.5. The van der Waals surface area contributed by atoms with E-state index in [0.29, 0.717) is 5.41 Å². The third kappa shape index (κ3) is 0.655. The van der Waals surface area contributed by atoms with Crippen molar-refractivity contribution in [3.8, 4) is 0 Å². The molecular weight excluding hydrogens is 240 g/mol. The highest BCUT2D eigenvalue weighted by Gasteiger charge is 3.03. The normalized spacial score (nSPS) is 55.7. The smallest absolute Gasteiger partial charge is 0.254 e. The van der Waals surface area contributed by atoms with Crippen LogP contribution in [0.1, 0.15) is 10.4 Å². The Balaban J connectivity index is 1.21. The molecule has 1 N–H and O–H groups in total. The first-order valence-corrected chi connectivity index (χ1v) is 7.29. The number of carbonyl (C=O) groups is 1. The summed E-state index contributed by atoms with van der Waals surface area (Å²) in [5, 5.41) is 3.00. The predicted octanol–water partition coefficient (Wildman–Crippen LogP) is 1.92. The van der Waals surface area contributed by atoms with Crippen LogP contribution in [0.25, 0.3) is 0 Å². The zero-order chi connectivity index (χ0) is 12.5. The number of carbonyl (C=O) groups excluding carboxylic acids is 1. The molecule has 3 heteroatoms. The second kappa shape index (κ2) is 2.46. The maximum atomic E-state index is 13.5. The van der Waals surface area contributed by atoms with Gasteiger partial charge in [0.25, 0.3) is 5.91 Å². The summed E-state index contributed by atoms with van der Waals surface area (Å²) in [5.74, 6) is 6.32. The molecule has 0 aromatic heterocycles. The monoisotopic (exact) mass is 254 g/mol. The maximum Gasteiger partial charge on any atom is 0.254 e. The van der Waals surface area contributed by atoms with E-state index in [4.69, 9.17) is 0 Å². The van der Waals surface area contributed by atoms with Gasteiger partial charge in [-0.2, -0.15) is 0 Å². The van der Waals surface area contributed by atoms with Gasteiger partial charge in [-0.1, -0.05) is 12.1 Å². The fourth-order valence-electron chi connectivity index (χ4n) is 7.00. The van der Waals surface area contributed by atoms with Crippen LogP contribution in [0.3, 0.4) is 0 Å². The molecule has 0 aliphatic heterocycles. The zero-order valence-electron chi connectivity index (χ0n) is 10.3.